The Morgan fingerprint density at radius 2 is 1.93 bits per heavy atom. The van der Waals surface area contributed by atoms with Crippen molar-refractivity contribution in [3.63, 3.8) is 0 Å². The molecule has 6 nitrogen and oxygen atoms in total. The molecule has 1 aromatic carbocycles. The lowest BCUT2D eigenvalue weighted by Crippen LogP contribution is -2.34. The summed E-state index contributed by atoms with van der Waals surface area (Å²) < 4.78 is 42.1. The number of halogens is 3. The zero-order valence-electron chi connectivity index (χ0n) is 16.3. The van der Waals surface area contributed by atoms with Gasteiger partial charge in [-0.05, 0) is 44.5 Å². The number of rotatable bonds is 4. The summed E-state index contributed by atoms with van der Waals surface area (Å²) >= 11 is 0. The van der Waals surface area contributed by atoms with Gasteiger partial charge in [-0.2, -0.15) is 5.26 Å². The Balaban J connectivity index is 1.95. The van der Waals surface area contributed by atoms with Crippen LogP contribution in [-0.2, 0) is 4.79 Å². The monoisotopic (exact) mass is 414 g/mol. The van der Waals surface area contributed by atoms with Crippen LogP contribution in [0, 0.1) is 35.7 Å². The predicted octanol–water partition coefficient (Wildman–Crippen LogP) is 3.50. The first-order valence-electron chi connectivity index (χ1n) is 9.02. The molecule has 0 saturated carbocycles. The van der Waals surface area contributed by atoms with E-state index in [1.165, 1.54) is 33.0 Å². The van der Waals surface area contributed by atoms with Crippen LogP contribution in [0.1, 0.15) is 48.2 Å². The molecule has 0 fully saturated rings. The molecule has 3 rings (SSSR count). The maximum Gasteiger partial charge on any atom is 0.252 e. The summed E-state index contributed by atoms with van der Waals surface area (Å²) in [6.45, 7) is 4.37. The predicted molar refractivity (Wildman–Crippen MR) is 103 cm³/mol. The molecule has 30 heavy (non-hydrogen) atoms. The zero-order chi connectivity index (χ0) is 22.2. The maximum atomic E-state index is 14.3. The highest BCUT2D eigenvalue weighted by molar-refractivity contribution is 5.88. The number of carbonyl (C=O) groups is 1. The van der Waals surface area contributed by atoms with Gasteiger partial charge in [0.15, 0.2) is 11.6 Å². The highest BCUT2D eigenvalue weighted by Crippen LogP contribution is 2.27. The Morgan fingerprint density at radius 3 is 2.57 bits per heavy atom. The fraction of sp³-hybridized carbons (Fsp3) is 0.238. The Bertz CT molecular complexity index is 1260. The standard InChI is InChI=1S/C21H17F3N4O2/c1-9-16(21(30)28-15-5-4-13(22)18(24)17(9)15)10(2)20(29)27-11(3)19-14(23)6-12(7-25)8-26-19/h4-6,8,10-11H,1-3H3,(H,27,29)(H,28,30)/t10-,11-/m1/s1. The third-order valence-electron chi connectivity index (χ3n) is 4.96. The van der Waals surface area contributed by atoms with Gasteiger partial charge in [-0.25, -0.2) is 13.2 Å². The number of fused-ring (bicyclic) bond motifs is 1. The lowest BCUT2D eigenvalue weighted by molar-refractivity contribution is -0.122. The van der Waals surface area contributed by atoms with Gasteiger partial charge in [-0.15, -0.1) is 0 Å². The summed E-state index contributed by atoms with van der Waals surface area (Å²) in [6.07, 6.45) is 1.18. The van der Waals surface area contributed by atoms with Gasteiger partial charge in [0.25, 0.3) is 5.56 Å². The van der Waals surface area contributed by atoms with Gasteiger partial charge in [0, 0.05) is 17.1 Å². The lowest BCUT2D eigenvalue weighted by Gasteiger charge is -2.19. The molecule has 1 amide bonds. The number of nitriles is 1. The van der Waals surface area contributed by atoms with Crippen molar-refractivity contribution < 1.29 is 18.0 Å². The van der Waals surface area contributed by atoms with Crippen LogP contribution in [0.5, 0.6) is 0 Å². The number of hydrogen-bond acceptors (Lipinski definition) is 4. The van der Waals surface area contributed by atoms with Crippen molar-refractivity contribution in [2.75, 3.05) is 0 Å². The molecule has 0 spiro atoms. The zero-order valence-corrected chi connectivity index (χ0v) is 16.3. The van der Waals surface area contributed by atoms with Crippen LogP contribution in [0.15, 0.2) is 29.2 Å². The van der Waals surface area contributed by atoms with Crippen molar-refractivity contribution in [1.29, 1.82) is 5.26 Å². The highest BCUT2D eigenvalue weighted by Gasteiger charge is 2.26. The number of nitrogens with zero attached hydrogens (tertiary/aromatic N) is 2. The van der Waals surface area contributed by atoms with Crippen LogP contribution in [-0.4, -0.2) is 15.9 Å². The van der Waals surface area contributed by atoms with E-state index in [2.05, 4.69) is 15.3 Å². The third-order valence-corrected chi connectivity index (χ3v) is 4.96. The normalized spacial score (nSPS) is 13.0. The first-order valence-corrected chi connectivity index (χ1v) is 9.02. The van der Waals surface area contributed by atoms with E-state index in [0.717, 1.165) is 12.1 Å². The average Bonchev–Trinajstić information content (AvgIpc) is 2.70. The van der Waals surface area contributed by atoms with E-state index in [-0.39, 0.29) is 33.3 Å². The Kier molecular flexibility index (Phi) is 5.60. The SMILES string of the molecule is Cc1c([C@@H](C)C(=O)N[C@H](C)c2ncc(C#N)cc2F)c(=O)[nH]c2ccc(F)c(F)c12. The summed E-state index contributed by atoms with van der Waals surface area (Å²) in [7, 11) is 0. The lowest BCUT2D eigenvalue weighted by atomic mass is 9.93. The Labute approximate surface area is 169 Å². The van der Waals surface area contributed by atoms with Crippen LogP contribution >= 0.6 is 0 Å². The number of H-pyrrole nitrogens is 1. The van der Waals surface area contributed by atoms with E-state index < -0.39 is 40.9 Å². The Hall–Kier alpha value is -3.67. The molecule has 0 unspecified atom stereocenters. The van der Waals surface area contributed by atoms with Crippen molar-refractivity contribution in [2.24, 2.45) is 0 Å². The van der Waals surface area contributed by atoms with Crippen LogP contribution in [0.4, 0.5) is 13.2 Å². The van der Waals surface area contributed by atoms with Gasteiger partial charge in [0.2, 0.25) is 5.91 Å². The molecule has 0 radical (unpaired) electrons. The second kappa shape index (κ2) is 7.99. The van der Waals surface area contributed by atoms with E-state index in [4.69, 9.17) is 5.26 Å². The third kappa shape index (κ3) is 3.64. The average molecular weight is 414 g/mol. The molecule has 2 N–H and O–H groups in total. The molecule has 2 aromatic heterocycles. The second-order valence-electron chi connectivity index (χ2n) is 6.93. The summed E-state index contributed by atoms with van der Waals surface area (Å²) in [5, 5.41) is 11.2. The molecule has 2 atom stereocenters. The molecule has 9 heteroatoms. The Morgan fingerprint density at radius 1 is 1.23 bits per heavy atom. The fourth-order valence-electron chi connectivity index (χ4n) is 3.40. The topological polar surface area (TPSA) is 98.6 Å². The molecular weight excluding hydrogens is 397 g/mol. The molecule has 3 aromatic rings. The first kappa shape index (κ1) is 21.0. The van der Waals surface area contributed by atoms with Gasteiger partial charge in [0.05, 0.1) is 28.7 Å². The van der Waals surface area contributed by atoms with Crippen molar-refractivity contribution in [3.05, 3.63) is 74.6 Å². The number of aromatic amines is 1. The number of aromatic nitrogens is 2. The summed E-state index contributed by atoms with van der Waals surface area (Å²) in [5.74, 6) is -4.61. The largest absolute Gasteiger partial charge is 0.347 e. The van der Waals surface area contributed by atoms with E-state index in [0.29, 0.717) is 0 Å². The van der Waals surface area contributed by atoms with Crippen molar-refractivity contribution in [2.45, 2.75) is 32.7 Å². The quantitative estimate of drug-likeness (QED) is 0.683. The molecule has 0 aliphatic carbocycles. The minimum Gasteiger partial charge on any atom is -0.347 e. The maximum absolute atomic E-state index is 14.3. The number of amides is 1. The van der Waals surface area contributed by atoms with E-state index in [9.17, 15) is 22.8 Å². The summed E-state index contributed by atoms with van der Waals surface area (Å²) in [6, 6.07) is 4.06. The molecule has 0 bridgehead atoms. The van der Waals surface area contributed by atoms with Crippen molar-refractivity contribution in [1.82, 2.24) is 15.3 Å². The van der Waals surface area contributed by atoms with Crippen molar-refractivity contribution >= 4 is 16.8 Å². The van der Waals surface area contributed by atoms with Crippen LogP contribution in [0.2, 0.25) is 0 Å². The highest BCUT2D eigenvalue weighted by atomic mass is 19.2. The number of hydrogen-bond donors (Lipinski definition) is 2. The van der Waals surface area contributed by atoms with Gasteiger partial charge < -0.3 is 10.3 Å². The van der Waals surface area contributed by atoms with Crippen LogP contribution in [0.3, 0.4) is 0 Å². The number of benzene rings is 1. The molecule has 0 aliphatic rings. The summed E-state index contributed by atoms with van der Waals surface area (Å²) in [5.41, 5.74) is -0.412. The van der Waals surface area contributed by atoms with Gasteiger partial charge >= 0.3 is 0 Å². The molecule has 2 heterocycles. The van der Waals surface area contributed by atoms with Crippen LogP contribution in [0.25, 0.3) is 10.9 Å². The van der Waals surface area contributed by atoms with E-state index >= 15 is 0 Å². The van der Waals surface area contributed by atoms with Crippen molar-refractivity contribution in [3.8, 4) is 6.07 Å². The number of pyridine rings is 2. The van der Waals surface area contributed by atoms with Gasteiger partial charge in [0.1, 0.15) is 11.9 Å². The molecule has 0 aliphatic heterocycles. The van der Waals surface area contributed by atoms with E-state index in [1.807, 2.05) is 0 Å². The molecule has 0 saturated heterocycles. The van der Waals surface area contributed by atoms with E-state index in [1.54, 1.807) is 6.07 Å². The smallest absolute Gasteiger partial charge is 0.252 e. The first-order chi connectivity index (χ1) is 14.1. The molecule has 154 valence electrons. The number of carbonyl (C=O) groups excluding carboxylic acids is 1. The summed E-state index contributed by atoms with van der Waals surface area (Å²) in [4.78, 5) is 31.6. The number of nitrogens with one attached hydrogen (secondary N) is 2. The van der Waals surface area contributed by atoms with Gasteiger partial charge in [-0.3, -0.25) is 14.6 Å². The minimum absolute atomic E-state index is 0.0232. The minimum atomic E-state index is -1.12. The molecular formula is C21H17F3N4O2. The fourth-order valence-corrected chi connectivity index (χ4v) is 3.40. The van der Waals surface area contributed by atoms with Crippen LogP contribution < -0.4 is 10.9 Å². The number of aryl methyl sites for hydroxylation is 1. The van der Waals surface area contributed by atoms with Gasteiger partial charge in [-0.1, -0.05) is 0 Å². The second-order valence-corrected chi connectivity index (χ2v) is 6.93.